The highest BCUT2D eigenvalue weighted by atomic mass is 16.3. The summed E-state index contributed by atoms with van der Waals surface area (Å²) in [6, 6.07) is 7.18. The van der Waals surface area contributed by atoms with Crippen molar-refractivity contribution in [3.05, 3.63) is 54.1 Å². The molecule has 9 nitrogen and oxygen atoms in total. The van der Waals surface area contributed by atoms with E-state index >= 15 is 0 Å². The molecular weight excluding hydrogens is 470 g/mol. The van der Waals surface area contributed by atoms with Crippen molar-refractivity contribution >= 4 is 11.8 Å². The van der Waals surface area contributed by atoms with E-state index in [0.717, 1.165) is 44.1 Å². The average Bonchev–Trinajstić information content (AvgIpc) is 3.64. The summed E-state index contributed by atoms with van der Waals surface area (Å²) in [5.41, 5.74) is 7.82. The summed E-state index contributed by atoms with van der Waals surface area (Å²) in [5, 5.41) is 27.5. The first-order chi connectivity index (χ1) is 17.9. The molecule has 2 aromatic rings. The number of carbonyl (C=O) groups is 2. The monoisotopic (exact) mass is 511 g/mol. The maximum Gasteiger partial charge on any atom is 0.243 e. The molecule has 0 radical (unpaired) electrons. The lowest BCUT2D eigenvalue weighted by Crippen LogP contribution is -2.57. The van der Waals surface area contributed by atoms with Crippen molar-refractivity contribution in [3.8, 4) is 0 Å². The second-order valence-electron chi connectivity index (χ2n) is 10.8. The van der Waals surface area contributed by atoms with Crippen LogP contribution in [0.5, 0.6) is 0 Å². The fourth-order valence-corrected chi connectivity index (χ4v) is 5.37. The van der Waals surface area contributed by atoms with Gasteiger partial charge in [-0.2, -0.15) is 0 Å². The molecule has 1 heterocycles. The number of amides is 2. The third-order valence-corrected chi connectivity index (χ3v) is 7.75. The van der Waals surface area contributed by atoms with Crippen LogP contribution in [0.25, 0.3) is 0 Å². The Hall–Kier alpha value is -2.75. The van der Waals surface area contributed by atoms with Crippen LogP contribution < -0.4 is 16.4 Å². The smallest absolute Gasteiger partial charge is 0.243 e. The van der Waals surface area contributed by atoms with Gasteiger partial charge in [-0.25, -0.2) is 4.98 Å². The zero-order chi connectivity index (χ0) is 26.2. The van der Waals surface area contributed by atoms with E-state index in [0.29, 0.717) is 24.5 Å². The molecule has 5 atom stereocenters. The van der Waals surface area contributed by atoms with Crippen molar-refractivity contribution < 1.29 is 19.8 Å². The van der Waals surface area contributed by atoms with Gasteiger partial charge in [0.2, 0.25) is 11.8 Å². The maximum atomic E-state index is 13.6. The minimum atomic E-state index is -1.05. The second kappa shape index (κ2) is 13.2. The molecule has 0 unspecified atom stereocenters. The van der Waals surface area contributed by atoms with E-state index in [1.54, 1.807) is 6.20 Å². The molecule has 0 saturated heterocycles. The number of nitrogens with one attached hydrogen (secondary N) is 3. The Morgan fingerprint density at radius 1 is 1.00 bits per heavy atom. The lowest BCUT2D eigenvalue weighted by atomic mass is 9.82. The first kappa shape index (κ1) is 27.3. The number of carbonyl (C=O) groups excluding carboxylic acids is 2. The fraction of sp³-hybridized carbons (Fsp3) is 0.607. The molecular formula is C28H41N5O4. The fourth-order valence-electron chi connectivity index (χ4n) is 5.37. The van der Waals surface area contributed by atoms with Gasteiger partial charge in [0, 0.05) is 18.3 Å². The number of aliphatic hydroxyl groups is 2. The Bertz CT molecular complexity index is 976. The van der Waals surface area contributed by atoms with Crippen LogP contribution in [0.1, 0.15) is 62.6 Å². The molecule has 202 valence electrons. The Balaban J connectivity index is 1.45. The topological polar surface area (TPSA) is 153 Å². The molecule has 37 heavy (non-hydrogen) atoms. The van der Waals surface area contributed by atoms with E-state index in [4.69, 9.17) is 5.73 Å². The zero-order valence-electron chi connectivity index (χ0n) is 21.4. The van der Waals surface area contributed by atoms with E-state index in [1.807, 2.05) is 30.3 Å². The maximum absolute atomic E-state index is 13.6. The number of hydrogen-bond donors (Lipinski definition) is 6. The van der Waals surface area contributed by atoms with Crippen molar-refractivity contribution in [1.82, 2.24) is 20.6 Å². The van der Waals surface area contributed by atoms with E-state index in [1.165, 1.54) is 12.7 Å². The summed E-state index contributed by atoms with van der Waals surface area (Å²) in [4.78, 5) is 33.6. The Morgan fingerprint density at radius 3 is 2.38 bits per heavy atom. The molecule has 1 aromatic heterocycles. The zero-order valence-corrected chi connectivity index (χ0v) is 21.4. The highest BCUT2D eigenvalue weighted by Crippen LogP contribution is 2.36. The van der Waals surface area contributed by atoms with Crippen LogP contribution in [-0.2, 0) is 22.4 Å². The van der Waals surface area contributed by atoms with Crippen molar-refractivity contribution in [2.75, 3.05) is 0 Å². The summed E-state index contributed by atoms with van der Waals surface area (Å²) in [6.45, 7) is 0. The van der Waals surface area contributed by atoms with Crippen molar-refractivity contribution in [2.45, 2.75) is 94.5 Å². The molecule has 0 spiro atoms. The van der Waals surface area contributed by atoms with Crippen LogP contribution in [0, 0.1) is 11.8 Å². The first-order valence-corrected chi connectivity index (χ1v) is 13.6. The van der Waals surface area contributed by atoms with Gasteiger partial charge in [-0.15, -0.1) is 0 Å². The van der Waals surface area contributed by atoms with Crippen LogP contribution in [0.2, 0.25) is 0 Å². The number of nitrogens with two attached hydrogens (primary N) is 1. The average molecular weight is 512 g/mol. The first-order valence-electron chi connectivity index (χ1n) is 13.6. The lowest BCUT2D eigenvalue weighted by Gasteiger charge is -2.33. The highest BCUT2D eigenvalue weighted by molar-refractivity contribution is 5.90. The molecule has 4 rings (SSSR count). The van der Waals surface area contributed by atoms with Crippen LogP contribution >= 0.6 is 0 Å². The number of aromatic amines is 1. The number of aromatic nitrogens is 2. The molecule has 9 heteroatoms. The predicted octanol–water partition coefficient (Wildman–Crippen LogP) is 1.59. The summed E-state index contributed by atoms with van der Waals surface area (Å²) < 4.78 is 0. The van der Waals surface area contributed by atoms with Gasteiger partial charge in [-0.05, 0) is 43.1 Å². The van der Waals surface area contributed by atoms with E-state index in [2.05, 4.69) is 20.6 Å². The number of H-pyrrole nitrogens is 1. The molecule has 2 saturated carbocycles. The molecule has 2 aliphatic carbocycles. The van der Waals surface area contributed by atoms with Gasteiger partial charge in [0.15, 0.2) is 0 Å². The Kier molecular flexibility index (Phi) is 9.71. The van der Waals surface area contributed by atoms with E-state index in [9.17, 15) is 19.8 Å². The van der Waals surface area contributed by atoms with Gasteiger partial charge >= 0.3 is 0 Å². The molecule has 2 fully saturated rings. The third-order valence-electron chi connectivity index (χ3n) is 7.75. The molecule has 2 amide bonds. The number of aliphatic hydroxyl groups excluding tert-OH is 2. The van der Waals surface area contributed by atoms with Gasteiger partial charge in [0.1, 0.15) is 12.1 Å². The number of nitrogens with zero attached hydrogens (tertiary/aromatic N) is 1. The summed E-state index contributed by atoms with van der Waals surface area (Å²) in [5.74, 6) is -0.360. The van der Waals surface area contributed by atoms with Crippen LogP contribution in [0.3, 0.4) is 0 Å². The highest BCUT2D eigenvalue weighted by Gasteiger charge is 2.40. The Morgan fingerprint density at radius 2 is 1.73 bits per heavy atom. The lowest BCUT2D eigenvalue weighted by molar-refractivity contribution is -0.131. The summed E-state index contributed by atoms with van der Waals surface area (Å²) in [6.07, 6.45) is 9.76. The minimum Gasteiger partial charge on any atom is -0.390 e. The van der Waals surface area contributed by atoms with Gasteiger partial charge in [-0.1, -0.05) is 62.4 Å². The number of benzene rings is 1. The Labute approximate surface area is 218 Å². The van der Waals surface area contributed by atoms with Crippen LogP contribution in [0.4, 0.5) is 0 Å². The molecule has 2 aliphatic rings. The summed E-state index contributed by atoms with van der Waals surface area (Å²) >= 11 is 0. The quantitative estimate of drug-likeness (QED) is 0.240. The largest absolute Gasteiger partial charge is 0.390 e. The van der Waals surface area contributed by atoms with E-state index in [-0.39, 0.29) is 12.3 Å². The van der Waals surface area contributed by atoms with Crippen molar-refractivity contribution in [2.24, 2.45) is 17.6 Å². The molecule has 0 aliphatic heterocycles. The van der Waals surface area contributed by atoms with Crippen molar-refractivity contribution in [1.29, 1.82) is 0 Å². The minimum absolute atomic E-state index is 0.0808. The predicted molar refractivity (Wildman–Crippen MR) is 140 cm³/mol. The van der Waals surface area contributed by atoms with Crippen LogP contribution in [0.15, 0.2) is 42.9 Å². The van der Waals surface area contributed by atoms with Crippen LogP contribution in [-0.4, -0.2) is 62.3 Å². The van der Waals surface area contributed by atoms with E-state index < -0.39 is 42.1 Å². The molecule has 0 bridgehead atoms. The number of hydrogen-bond acceptors (Lipinski definition) is 6. The van der Waals surface area contributed by atoms with Gasteiger partial charge < -0.3 is 31.6 Å². The normalized spacial score (nSPS) is 20.4. The molecule has 7 N–H and O–H groups in total. The van der Waals surface area contributed by atoms with Gasteiger partial charge in [0.05, 0.1) is 24.5 Å². The van der Waals surface area contributed by atoms with Crippen molar-refractivity contribution in [3.63, 3.8) is 0 Å². The summed E-state index contributed by atoms with van der Waals surface area (Å²) in [7, 11) is 0. The second-order valence-corrected chi connectivity index (χ2v) is 10.8. The van der Waals surface area contributed by atoms with Gasteiger partial charge in [-0.3, -0.25) is 9.59 Å². The number of imidazole rings is 1. The third kappa shape index (κ3) is 8.12. The number of rotatable bonds is 13. The molecule has 1 aromatic carbocycles. The SMILES string of the molecule is N[C@@H](Cc1ccccc1)C(=O)N[C@@H](Cc1cnc[nH]1)C(=O)N[C@@H](CC1CCCCC1)[C@@H](O)[C@@H](O)C1CC1. The van der Waals surface area contributed by atoms with Gasteiger partial charge in [0.25, 0.3) is 0 Å². The standard InChI is InChI=1S/C28H41N5O4/c29-22(13-18-7-3-1-4-8-18)27(36)33-24(15-21-16-30-17-31-21)28(37)32-23(14-19-9-5-2-6-10-19)26(35)25(34)20-11-12-20/h1,3-4,7-8,16-17,19-20,22-26,34-35H,2,5-6,9-15,29H2,(H,30,31)(H,32,37)(H,33,36)/t22-,23-,24-,25-,26+/m0/s1.